The molecule has 3 aromatic rings. The van der Waals surface area contributed by atoms with Crippen molar-refractivity contribution in [2.45, 2.75) is 6.92 Å². The lowest BCUT2D eigenvalue weighted by atomic mass is 10.2. The van der Waals surface area contributed by atoms with Gasteiger partial charge in [0.05, 0.1) is 11.5 Å². The van der Waals surface area contributed by atoms with Crippen molar-refractivity contribution in [2.24, 2.45) is 0 Å². The Morgan fingerprint density at radius 2 is 2.14 bits per heavy atom. The number of aldehydes is 1. The second-order valence-corrected chi connectivity index (χ2v) is 5.18. The molecule has 0 amide bonds. The van der Waals surface area contributed by atoms with Crippen LogP contribution in [0.3, 0.4) is 0 Å². The number of rotatable bonds is 5. The summed E-state index contributed by atoms with van der Waals surface area (Å²) in [6, 6.07) is 11.4. The van der Waals surface area contributed by atoms with Crippen LogP contribution in [-0.2, 0) is 0 Å². The van der Waals surface area contributed by atoms with Crippen molar-refractivity contribution in [3.63, 3.8) is 0 Å². The van der Waals surface area contributed by atoms with E-state index in [1.807, 2.05) is 48.7 Å². The van der Waals surface area contributed by atoms with E-state index in [0.717, 1.165) is 16.9 Å². The summed E-state index contributed by atoms with van der Waals surface area (Å²) < 4.78 is 7.29. The van der Waals surface area contributed by atoms with Gasteiger partial charge < -0.3 is 4.74 Å². The minimum atomic E-state index is 0.323. The van der Waals surface area contributed by atoms with Crippen LogP contribution in [0.5, 0.6) is 5.75 Å². The quantitative estimate of drug-likeness (QED) is 0.679. The molecule has 106 valence electrons. The molecule has 2 aromatic heterocycles. The summed E-state index contributed by atoms with van der Waals surface area (Å²) in [4.78, 5) is 12.2. The molecular weight excluding hydrogens is 286 g/mol. The number of para-hydroxylation sites is 2. The zero-order valence-corrected chi connectivity index (χ0v) is 12.2. The minimum Gasteiger partial charge on any atom is -0.492 e. The van der Waals surface area contributed by atoms with Gasteiger partial charge in [-0.05, 0) is 30.5 Å². The molecule has 0 unspecified atom stereocenters. The summed E-state index contributed by atoms with van der Waals surface area (Å²) in [7, 11) is 0. The molecular formula is C15H13N3O2S. The van der Waals surface area contributed by atoms with Gasteiger partial charge in [0.15, 0.2) is 12.0 Å². The maximum atomic E-state index is 11.2. The molecule has 0 saturated heterocycles. The van der Waals surface area contributed by atoms with E-state index in [1.165, 1.54) is 11.3 Å². The Bertz CT molecular complexity index is 750. The van der Waals surface area contributed by atoms with Gasteiger partial charge in [0.2, 0.25) is 0 Å². The Labute approximate surface area is 125 Å². The maximum absolute atomic E-state index is 11.2. The highest BCUT2D eigenvalue weighted by atomic mass is 32.1. The monoisotopic (exact) mass is 299 g/mol. The lowest BCUT2D eigenvalue weighted by Crippen LogP contribution is -2.03. The number of hydrogen-bond acceptors (Lipinski definition) is 5. The van der Waals surface area contributed by atoms with Crippen molar-refractivity contribution < 1.29 is 9.53 Å². The van der Waals surface area contributed by atoms with E-state index in [1.54, 1.807) is 4.68 Å². The summed E-state index contributed by atoms with van der Waals surface area (Å²) in [6.07, 6.45) is 0.724. The Morgan fingerprint density at radius 3 is 2.86 bits per heavy atom. The van der Waals surface area contributed by atoms with E-state index >= 15 is 0 Å². The fourth-order valence-corrected chi connectivity index (χ4v) is 2.86. The standard InChI is InChI=1S/C15H13N3O2S/c1-2-20-13-7-4-3-6-12(13)18-15(11(10-19)16-17-18)14-8-5-9-21-14/h3-10H,2H2,1H3. The van der Waals surface area contributed by atoms with Gasteiger partial charge in [-0.3, -0.25) is 4.79 Å². The van der Waals surface area contributed by atoms with Crippen molar-refractivity contribution in [3.05, 3.63) is 47.5 Å². The van der Waals surface area contributed by atoms with Gasteiger partial charge in [-0.15, -0.1) is 16.4 Å². The highest BCUT2D eigenvalue weighted by Gasteiger charge is 2.18. The molecule has 0 saturated carbocycles. The molecule has 0 spiro atoms. The van der Waals surface area contributed by atoms with Crippen LogP contribution in [0.1, 0.15) is 17.4 Å². The third kappa shape index (κ3) is 2.45. The van der Waals surface area contributed by atoms with Gasteiger partial charge in [0.1, 0.15) is 17.1 Å². The van der Waals surface area contributed by atoms with Crippen LogP contribution in [0.15, 0.2) is 41.8 Å². The van der Waals surface area contributed by atoms with Gasteiger partial charge in [0, 0.05) is 0 Å². The fraction of sp³-hybridized carbons (Fsp3) is 0.133. The lowest BCUT2D eigenvalue weighted by molar-refractivity contribution is 0.111. The van der Waals surface area contributed by atoms with Crippen LogP contribution in [0.25, 0.3) is 16.3 Å². The molecule has 0 aliphatic rings. The third-order valence-corrected chi connectivity index (χ3v) is 3.83. The van der Waals surface area contributed by atoms with Gasteiger partial charge >= 0.3 is 0 Å². The van der Waals surface area contributed by atoms with Crippen molar-refractivity contribution in [3.8, 4) is 22.0 Å². The smallest absolute Gasteiger partial charge is 0.172 e. The summed E-state index contributed by atoms with van der Waals surface area (Å²) in [5.74, 6) is 0.708. The molecule has 0 fully saturated rings. The van der Waals surface area contributed by atoms with Gasteiger partial charge in [-0.1, -0.05) is 23.4 Å². The number of carbonyl (C=O) groups is 1. The lowest BCUT2D eigenvalue weighted by Gasteiger charge is -2.11. The van der Waals surface area contributed by atoms with E-state index < -0.39 is 0 Å². The van der Waals surface area contributed by atoms with E-state index in [9.17, 15) is 4.79 Å². The van der Waals surface area contributed by atoms with E-state index in [-0.39, 0.29) is 0 Å². The van der Waals surface area contributed by atoms with Crippen LogP contribution >= 0.6 is 11.3 Å². The number of benzene rings is 1. The topological polar surface area (TPSA) is 57.0 Å². The number of thiophene rings is 1. The molecule has 3 rings (SSSR count). The first-order valence-corrected chi connectivity index (χ1v) is 7.40. The number of aromatic nitrogens is 3. The van der Waals surface area contributed by atoms with Crippen molar-refractivity contribution in [1.29, 1.82) is 0 Å². The average molecular weight is 299 g/mol. The molecule has 21 heavy (non-hydrogen) atoms. The molecule has 6 heteroatoms. The molecule has 0 radical (unpaired) electrons. The number of ether oxygens (including phenoxy) is 1. The van der Waals surface area contributed by atoms with Crippen molar-refractivity contribution in [1.82, 2.24) is 15.0 Å². The Balaban J connectivity index is 2.20. The second kappa shape index (κ2) is 5.88. The predicted octanol–water partition coefficient (Wildman–Crippen LogP) is 3.21. The number of carbonyl (C=O) groups excluding carboxylic acids is 1. The van der Waals surface area contributed by atoms with Crippen LogP contribution in [0.2, 0.25) is 0 Å². The van der Waals surface area contributed by atoms with Crippen LogP contribution in [0, 0.1) is 0 Å². The Kier molecular flexibility index (Phi) is 3.79. The fourth-order valence-electron chi connectivity index (χ4n) is 2.10. The SMILES string of the molecule is CCOc1ccccc1-n1nnc(C=O)c1-c1cccs1. The van der Waals surface area contributed by atoms with Gasteiger partial charge in [-0.25, -0.2) is 4.68 Å². The van der Waals surface area contributed by atoms with Gasteiger partial charge in [-0.2, -0.15) is 0 Å². The highest BCUT2D eigenvalue weighted by molar-refractivity contribution is 7.13. The Hall–Kier alpha value is -2.47. The number of hydrogen-bond donors (Lipinski definition) is 0. The summed E-state index contributed by atoms with van der Waals surface area (Å²) in [6.45, 7) is 2.48. The van der Waals surface area contributed by atoms with Crippen LogP contribution in [-0.4, -0.2) is 27.9 Å². The van der Waals surface area contributed by atoms with E-state index in [2.05, 4.69) is 10.3 Å². The zero-order chi connectivity index (χ0) is 14.7. The Morgan fingerprint density at radius 1 is 1.29 bits per heavy atom. The first-order valence-electron chi connectivity index (χ1n) is 6.52. The molecule has 0 N–H and O–H groups in total. The largest absolute Gasteiger partial charge is 0.492 e. The molecule has 5 nitrogen and oxygen atoms in total. The maximum Gasteiger partial charge on any atom is 0.172 e. The zero-order valence-electron chi connectivity index (χ0n) is 11.4. The molecule has 0 aliphatic carbocycles. The molecule has 0 aliphatic heterocycles. The van der Waals surface area contributed by atoms with Crippen LogP contribution < -0.4 is 4.74 Å². The predicted molar refractivity (Wildman–Crippen MR) is 81.2 cm³/mol. The van der Waals surface area contributed by atoms with Crippen molar-refractivity contribution in [2.75, 3.05) is 6.61 Å². The minimum absolute atomic E-state index is 0.323. The molecule has 0 bridgehead atoms. The second-order valence-electron chi connectivity index (χ2n) is 4.23. The van der Waals surface area contributed by atoms with Crippen LogP contribution in [0.4, 0.5) is 0 Å². The first-order chi connectivity index (χ1) is 10.3. The van der Waals surface area contributed by atoms with E-state index in [0.29, 0.717) is 23.7 Å². The summed E-state index contributed by atoms with van der Waals surface area (Å²) in [5.41, 5.74) is 1.78. The van der Waals surface area contributed by atoms with Crippen molar-refractivity contribution >= 4 is 17.6 Å². The summed E-state index contributed by atoms with van der Waals surface area (Å²) >= 11 is 1.54. The number of nitrogens with zero attached hydrogens (tertiary/aromatic N) is 3. The van der Waals surface area contributed by atoms with Gasteiger partial charge in [0.25, 0.3) is 0 Å². The third-order valence-electron chi connectivity index (χ3n) is 2.96. The average Bonchev–Trinajstić information content (AvgIpc) is 3.16. The molecule has 0 atom stereocenters. The molecule has 1 aromatic carbocycles. The molecule has 2 heterocycles. The first kappa shape index (κ1) is 13.5. The summed E-state index contributed by atoms with van der Waals surface area (Å²) in [5, 5.41) is 10.0. The normalized spacial score (nSPS) is 10.5. The van der Waals surface area contributed by atoms with E-state index in [4.69, 9.17) is 4.74 Å². The highest BCUT2D eigenvalue weighted by Crippen LogP contribution is 2.31.